The van der Waals surface area contributed by atoms with Crippen LogP contribution in [0.4, 0.5) is 5.82 Å². The van der Waals surface area contributed by atoms with Crippen molar-refractivity contribution in [1.82, 2.24) is 9.97 Å². The minimum Gasteiger partial charge on any atom is -0.370 e. The Morgan fingerprint density at radius 2 is 2.16 bits per heavy atom. The van der Waals surface area contributed by atoms with E-state index in [9.17, 15) is 0 Å². The number of nitrogens with zero attached hydrogens (tertiary/aromatic N) is 2. The van der Waals surface area contributed by atoms with E-state index in [0.717, 1.165) is 35.1 Å². The zero-order chi connectivity index (χ0) is 13.5. The number of rotatable bonds is 6. The second-order valence-corrected chi connectivity index (χ2v) is 5.43. The summed E-state index contributed by atoms with van der Waals surface area (Å²) in [7, 11) is 0. The third-order valence-electron chi connectivity index (χ3n) is 2.48. The molecule has 0 saturated carbocycles. The van der Waals surface area contributed by atoms with Crippen molar-refractivity contribution >= 4 is 29.2 Å². The Balaban J connectivity index is 1.91. The zero-order valence-electron chi connectivity index (χ0n) is 10.8. The molecule has 0 saturated heterocycles. The standard InChI is InChI=1S/C14H16ClN3S/c1-2-7-16-13-6-5-11(9-18-13)10-19-14-12(15)4-3-8-17-14/h3-6,8-9H,2,7,10H2,1H3,(H,16,18). The van der Waals surface area contributed by atoms with Crippen molar-refractivity contribution in [2.75, 3.05) is 11.9 Å². The summed E-state index contributed by atoms with van der Waals surface area (Å²) in [5.41, 5.74) is 1.16. The number of anilines is 1. The van der Waals surface area contributed by atoms with Gasteiger partial charge in [-0.3, -0.25) is 0 Å². The molecule has 0 aromatic carbocycles. The largest absolute Gasteiger partial charge is 0.370 e. The number of aromatic nitrogens is 2. The lowest BCUT2D eigenvalue weighted by Crippen LogP contribution is -2.01. The molecule has 0 amide bonds. The zero-order valence-corrected chi connectivity index (χ0v) is 12.3. The van der Waals surface area contributed by atoms with Crippen LogP contribution in [-0.2, 0) is 5.75 Å². The molecule has 0 unspecified atom stereocenters. The van der Waals surface area contributed by atoms with Crippen molar-refractivity contribution in [2.45, 2.75) is 24.1 Å². The predicted octanol–water partition coefficient (Wildman–Crippen LogP) is 4.24. The summed E-state index contributed by atoms with van der Waals surface area (Å²) in [5.74, 6) is 1.74. The van der Waals surface area contributed by atoms with Gasteiger partial charge in [0.05, 0.1) is 5.02 Å². The molecule has 0 bridgehead atoms. The van der Waals surface area contributed by atoms with E-state index in [-0.39, 0.29) is 0 Å². The number of pyridine rings is 2. The maximum Gasteiger partial charge on any atom is 0.125 e. The van der Waals surface area contributed by atoms with Crippen LogP contribution < -0.4 is 5.32 Å². The highest BCUT2D eigenvalue weighted by atomic mass is 35.5. The molecule has 2 aromatic heterocycles. The first-order chi connectivity index (χ1) is 9.29. The molecule has 0 aliphatic heterocycles. The molecular weight excluding hydrogens is 278 g/mol. The predicted molar refractivity (Wildman–Crippen MR) is 81.8 cm³/mol. The van der Waals surface area contributed by atoms with Gasteiger partial charge < -0.3 is 5.32 Å². The Labute approximate surface area is 122 Å². The third kappa shape index (κ3) is 4.40. The summed E-state index contributed by atoms with van der Waals surface area (Å²) in [5, 5.41) is 4.81. The smallest absolute Gasteiger partial charge is 0.125 e. The Kier molecular flexibility index (Phi) is 5.48. The van der Waals surface area contributed by atoms with Crippen molar-refractivity contribution in [1.29, 1.82) is 0 Å². The van der Waals surface area contributed by atoms with E-state index in [1.807, 2.05) is 24.4 Å². The van der Waals surface area contributed by atoms with Crippen LogP contribution in [0.1, 0.15) is 18.9 Å². The van der Waals surface area contributed by atoms with Crippen molar-refractivity contribution in [3.8, 4) is 0 Å². The minimum atomic E-state index is 0.696. The van der Waals surface area contributed by atoms with Gasteiger partial charge in [0.2, 0.25) is 0 Å². The highest BCUT2D eigenvalue weighted by Crippen LogP contribution is 2.27. The average molecular weight is 294 g/mol. The molecular formula is C14H16ClN3S. The lowest BCUT2D eigenvalue weighted by molar-refractivity contribution is 0.968. The van der Waals surface area contributed by atoms with Crippen LogP contribution in [0.3, 0.4) is 0 Å². The lowest BCUT2D eigenvalue weighted by Gasteiger charge is -2.05. The summed E-state index contributed by atoms with van der Waals surface area (Å²) in [6.07, 6.45) is 4.74. The lowest BCUT2D eigenvalue weighted by atomic mass is 10.3. The van der Waals surface area contributed by atoms with Crippen LogP contribution in [-0.4, -0.2) is 16.5 Å². The molecule has 1 N–H and O–H groups in total. The summed E-state index contributed by atoms with van der Waals surface area (Å²) in [4.78, 5) is 8.62. The van der Waals surface area contributed by atoms with Crippen LogP contribution in [0, 0.1) is 0 Å². The number of halogens is 1. The van der Waals surface area contributed by atoms with Gasteiger partial charge in [-0.1, -0.05) is 24.6 Å². The van der Waals surface area contributed by atoms with Gasteiger partial charge in [0.1, 0.15) is 10.8 Å². The van der Waals surface area contributed by atoms with E-state index < -0.39 is 0 Å². The van der Waals surface area contributed by atoms with E-state index in [1.165, 1.54) is 0 Å². The molecule has 5 heteroatoms. The Morgan fingerprint density at radius 1 is 1.26 bits per heavy atom. The monoisotopic (exact) mass is 293 g/mol. The van der Waals surface area contributed by atoms with Crippen LogP contribution in [0.25, 0.3) is 0 Å². The second-order valence-electron chi connectivity index (χ2n) is 4.06. The van der Waals surface area contributed by atoms with E-state index in [2.05, 4.69) is 28.3 Å². The Bertz CT molecular complexity index is 516. The van der Waals surface area contributed by atoms with Crippen LogP contribution in [0.2, 0.25) is 5.02 Å². The van der Waals surface area contributed by atoms with Crippen LogP contribution >= 0.6 is 23.4 Å². The first-order valence-corrected chi connectivity index (χ1v) is 7.58. The second kappa shape index (κ2) is 7.36. The van der Waals surface area contributed by atoms with E-state index >= 15 is 0 Å². The van der Waals surface area contributed by atoms with Gasteiger partial charge in [-0.15, -0.1) is 11.8 Å². The van der Waals surface area contributed by atoms with Crippen LogP contribution in [0.5, 0.6) is 0 Å². The highest BCUT2D eigenvalue weighted by molar-refractivity contribution is 7.98. The average Bonchev–Trinajstić information content (AvgIpc) is 2.45. The molecule has 0 radical (unpaired) electrons. The van der Waals surface area contributed by atoms with Gasteiger partial charge in [0.15, 0.2) is 0 Å². The molecule has 100 valence electrons. The number of hydrogen-bond donors (Lipinski definition) is 1. The molecule has 2 heterocycles. The third-order valence-corrected chi connectivity index (χ3v) is 3.97. The van der Waals surface area contributed by atoms with Gasteiger partial charge in [0.25, 0.3) is 0 Å². The maximum atomic E-state index is 6.06. The molecule has 0 fully saturated rings. The van der Waals surface area contributed by atoms with E-state index in [0.29, 0.717) is 5.02 Å². The van der Waals surface area contributed by atoms with Gasteiger partial charge in [0, 0.05) is 24.7 Å². The van der Waals surface area contributed by atoms with Crippen molar-refractivity contribution < 1.29 is 0 Å². The highest BCUT2D eigenvalue weighted by Gasteiger charge is 2.02. The Morgan fingerprint density at radius 3 is 2.84 bits per heavy atom. The number of thioether (sulfide) groups is 1. The molecule has 0 aliphatic rings. The fourth-order valence-corrected chi connectivity index (χ4v) is 2.60. The number of nitrogens with one attached hydrogen (secondary N) is 1. The van der Waals surface area contributed by atoms with E-state index in [1.54, 1.807) is 18.0 Å². The van der Waals surface area contributed by atoms with E-state index in [4.69, 9.17) is 11.6 Å². The quantitative estimate of drug-likeness (QED) is 0.808. The van der Waals surface area contributed by atoms with Gasteiger partial charge in [-0.2, -0.15) is 0 Å². The molecule has 19 heavy (non-hydrogen) atoms. The van der Waals surface area contributed by atoms with Crippen molar-refractivity contribution in [3.63, 3.8) is 0 Å². The van der Waals surface area contributed by atoms with Gasteiger partial charge in [-0.25, -0.2) is 9.97 Å². The summed E-state index contributed by atoms with van der Waals surface area (Å²) >= 11 is 7.68. The maximum absolute atomic E-state index is 6.06. The van der Waals surface area contributed by atoms with Crippen LogP contribution in [0.15, 0.2) is 41.7 Å². The molecule has 0 aliphatic carbocycles. The normalized spacial score (nSPS) is 10.4. The first kappa shape index (κ1) is 14.2. The molecule has 3 nitrogen and oxygen atoms in total. The fourth-order valence-electron chi connectivity index (χ4n) is 1.50. The summed E-state index contributed by atoms with van der Waals surface area (Å²) in [6, 6.07) is 7.77. The summed E-state index contributed by atoms with van der Waals surface area (Å²) in [6.45, 7) is 3.08. The van der Waals surface area contributed by atoms with Crippen molar-refractivity contribution in [2.24, 2.45) is 0 Å². The fraction of sp³-hybridized carbons (Fsp3) is 0.286. The Hall–Kier alpha value is -1.26. The molecule has 0 spiro atoms. The van der Waals surface area contributed by atoms with Gasteiger partial charge >= 0.3 is 0 Å². The molecule has 2 aromatic rings. The molecule has 0 atom stereocenters. The SMILES string of the molecule is CCCNc1ccc(CSc2ncccc2Cl)cn1. The van der Waals surface area contributed by atoms with Crippen molar-refractivity contribution in [3.05, 3.63) is 47.2 Å². The first-order valence-electron chi connectivity index (χ1n) is 6.21. The molecule has 2 rings (SSSR count). The summed E-state index contributed by atoms with van der Waals surface area (Å²) < 4.78 is 0. The van der Waals surface area contributed by atoms with Gasteiger partial charge in [-0.05, 0) is 30.2 Å². The minimum absolute atomic E-state index is 0.696. The topological polar surface area (TPSA) is 37.8 Å². The number of hydrogen-bond acceptors (Lipinski definition) is 4.